The lowest BCUT2D eigenvalue weighted by Gasteiger charge is -2.27. The van der Waals surface area contributed by atoms with E-state index in [1.54, 1.807) is 6.07 Å². The molecule has 0 aliphatic carbocycles. The van der Waals surface area contributed by atoms with Crippen LogP contribution >= 0.6 is 0 Å². The first-order valence-corrected chi connectivity index (χ1v) is 7.65. The molecule has 1 unspecified atom stereocenters. The van der Waals surface area contributed by atoms with Crippen LogP contribution in [0.25, 0.3) is 0 Å². The van der Waals surface area contributed by atoms with Gasteiger partial charge in [0.25, 0.3) is 5.91 Å². The highest BCUT2D eigenvalue weighted by Crippen LogP contribution is 2.24. The van der Waals surface area contributed by atoms with Crippen LogP contribution in [0.15, 0.2) is 18.2 Å². The first-order valence-electron chi connectivity index (χ1n) is 7.65. The molecular weight excluding hydrogens is 282 g/mol. The third kappa shape index (κ3) is 4.07. The number of nitrogens with one attached hydrogen (secondary N) is 1. The van der Waals surface area contributed by atoms with Crippen LogP contribution in [0.4, 0.5) is 0 Å². The molecule has 5 heteroatoms. The average Bonchev–Trinajstić information content (AvgIpc) is 2.48. The van der Waals surface area contributed by atoms with Gasteiger partial charge in [0.05, 0.1) is 5.92 Å². The van der Waals surface area contributed by atoms with E-state index in [1.165, 1.54) is 0 Å². The molecule has 2 rings (SSSR count). The smallest absolute Gasteiger partial charge is 0.308 e. The standard InChI is InChI=1S/C17H23NO4/c1-11-3-4-14(12(2)9-11)16(19)18-10-15(17(20)21)13-5-7-22-8-6-13/h3-4,9,13,15H,5-8,10H2,1-2H3,(H,18,19)(H,20,21). The van der Waals surface area contributed by atoms with E-state index in [-0.39, 0.29) is 18.4 Å². The number of carbonyl (C=O) groups excluding carboxylic acids is 1. The van der Waals surface area contributed by atoms with E-state index in [2.05, 4.69) is 5.32 Å². The van der Waals surface area contributed by atoms with Gasteiger partial charge in [-0.05, 0) is 44.2 Å². The second kappa shape index (κ2) is 7.40. The van der Waals surface area contributed by atoms with Gasteiger partial charge in [-0.3, -0.25) is 9.59 Å². The lowest BCUT2D eigenvalue weighted by molar-refractivity contribution is -0.144. The Bertz CT molecular complexity index is 550. The van der Waals surface area contributed by atoms with E-state index in [9.17, 15) is 14.7 Å². The fraction of sp³-hybridized carbons (Fsp3) is 0.529. The van der Waals surface area contributed by atoms with Crippen molar-refractivity contribution < 1.29 is 19.4 Å². The summed E-state index contributed by atoms with van der Waals surface area (Å²) in [5.74, 6) is -1.56. The van der Waals surface area contributed by atoms with Gasteiger partial charge < -0.3 is 15.2 Å². The second-order valence-corrected chi connectivity index (χ2v) is 5.92. The maximum Gasteiger partial charge on any atom is 0.308 e. The Kier molecular flexibility index (Phi) is 5.55. The number of ether oxygens (including phenoxy) is 1. The number of hydrogen-bond donors (Lipinski definition) is 2. The fourth-order valence-electron chi connectivity index (χ4n) is 2.94. The molecule has 22 heavy (non-hydrogen) atoms. The maximum atomic E-state index is 12.3. The summed E-state index contributed by atoms with van der Waals surface area (Å²) in [5.41, 5.74) is 2.59. The van der Waals surface area contributed by atoms with Gasteiger partial charge in [0.15, 0.2) is 0 Å². The number of benzene rings is 1. The van der Waals surface area contributed by atoms with Crippen molar-refractivity contribution in [1.29, 1.82) is 0 Å². The molecule has 0 spiro atoms. The van der Waals surface area contributed by atoms with E-state index in [1.807, 2.05) is 26.0 Å². The van der Waals surface area contributed by atoms with Crippen LogP contribution < -0.4 is 5.32 Å². The lowest BCUT2D eigenvalue weighted by Crippen LogP contribution is -2.39. The zero-order valence-corrected chi connectivity index (χ0v) is 13.1. The van der Waals surface area contributed by atoms with Crippen molar-refractivity contribution in [3.63, 3.8) is 0 Å². The predicted octanol–water partition coefficient (Wildman–Crippen LogP) is 2.16. The summed E-state index contributed by atoms with van der Waals surface area (Å²) in [6.07, 6.45) is 1.47. The molecule has 0 saturated carbocycles. The molecular formula is C17H23NO4. The van der Waals surface area contributed by atoms with Gasteiger partial charge in [-0.25, -0.2) is 0 Å². The van der Waals surface area contributed by atoms with Crippen LogP contribution in [0.5, 0.6) is 0 Å². The molecule has 120 valence electrons. The van der Waals surface area contributed by atoms with Crippen LogP contribution in [0, 0.1) is 25.7 Å². The van der Waals surface area contributed by atoms with Crippen LogP contribution in [-0.4, -0.2) is 36.7 Å². The van der Waals surface area contributed by atoms with Crippen molar-refractivity contribution >= 4 is 11.9 Å². The van der Waals surface area contributed by atoms with E-state index in [4.69, 9.17) is 4.74 Å². The highest BCUT2D eigenvalue weighted by atomic mass is 16.5. The molecule has 5 nitrogen and oxygen atoms in total. The van der Waals surface area contributed by atoms with Crippen molar-refractivity contribution in [1.82, 2.24) is 5.32 Å². The molecule has 1 aromatic carbocycles. The third-order valence-electron chi connectivity index (χ3n) is 4.26. The highest BCUT2D eigenvalue weighted by Gasteiger charge is 2.30. The van der Waals surface area contributed by atoms with Crippen LogP contribution in [-0.2, 0) is 9.53 Å². The number of aryl methyl sites for hydroxylation is 2. The second-order valence-electron chi connectivity index (χ2n) is 5.92. The van der Waals surface area contributed by atoms with Crippen molar-refractivity contribution in [2.45, 2.75) is 26.7 Å². The molecule has 1 atom stereocenters. The molecule has 1 aliphatic rings. The molecule has 1 aromatic rings. The van der Waals surface area contributed by atoms with Gasteiger partial charge in [0.1, 0.15) is 0 Å². The van der Waals surface area contributed by atoms with Crippen molar-refractivity contribution in [3.8, 4) is 0 Å². The van der Waals surface area contributed by atoms with Gasteiger partial charge >= 0.3 is 5.97 Å². The van der Waals surface area contributed by atoms with Crippen molar-refractivity contribution in [2.24, 2.45) is 11.8 Å². The molecule has 0 aromatic heterocycles. The zero-order valence-electron chi connectivity index (χ0n) is 13.1. The quantitative estimate of drug-likeness (QED) is 0.874. The summed E-state index contributed by atoms with van der Waals surface area (Å²) in [5, 5.41) is 12.2. The predicted molar refractivity (Wildman–Crippen MR) is 82.9 cm³/mol. The third-order valence-corrected chi connectivity index (χ3v) is 4.26. The number of amides is 1. The number of rotatable bonds is 5. The van der Waals surface area contributed by atoms with E-state index in [0.717, 1.165) is 24.0 Å². The van der Waals surface area contributed by atoms with Crippen molar-refractivity contribution in [2.75, 3.05) is 19.8 Å². The highest BCUT2D eigenvalue weighted by molar-refractivity contribution is 5.95. The summed E-state index contributed by atoms with van der Waals surface area (Å²) >= 11 is 0. The Morgan fingerprint density at radius 2 is 2.00 bits per heavy atom. The number of carboxylic acids is 1. The lowest BCUT2D eigenvalue weighted by atomic mass is 9.86. The number of carboxylic acid groups (broad SMARTS) is 1. The number of hydrogen-bond acceptors (Lipinski definition) is 3. The van der Waals surface area contributed by atoms with Gasteiger partial charge in [-0.1, -0.05) is 17.7 Å². The minimum absolute atomic E-state index is 0.0608. The maximum absolute atomic E-state index is 12.3. The van der Waals surface area contributed by atoms with Crippen molar-refractivity contribution in [3.05, 3.63) is 34.9 Å². The SMILES string of the molecule is Cc1ccc(C(=O)NCC(C(=O)O)C2CCOCC2)c(C)c1. The van der Waals surface area contributed by atoms with E-state index < -0.39 is 11.9 Å². The molecule has 2 N–H and O–H groups in total. The topological polar surface area (TPSA) is 75.6 Å². The molecule has 1 fully saturated rings. The van der Waals surface area contributed by atoms with Crippen LogP contribution in [0.3, 0.4) is 0 Å². The summed E-state index contributed by atoms with van der Waals surface area (Å²) < 4.78 is 5.27. The number of aliphatic carboxylic acids is 1. The van der Waals surface area contributed by atoms with Gasteiger partial charge in [0.2, 0.25) is 0 Å². The Hall–Kier alpha value is -1.88. The Labute approximate surface area is 130 Å². The van der Waals surface area contributed by atoms with E-state index >= 15 is 0 Å². The summed E-state index contributed by atoms with van der Waals surface area (Å²) in [6, 6.07) is 5.61. The van der Waals surface area contributed by atoms with Gasteiger partial charge in [-0.15, -0.1) is 0 Å². The average molecular weight is 305 g/mol. The normalized spacial score (nSPS) is 17.0. The molecule has 1 aliphatic heterocycles. The minimum Gasteiger partial charge on any atom is -0.481 e. The monoisotopic (exact) mass is 305 g/mol. The number of carbonyl (C=O) groups is 2. The summed E-state index contributed by atoms with van der Waals surface area (Å²) in [7, 11) is 0. The Morgan fingerprint density at radius 3 is 2.59 bits per heavy atom. The minimum atomic E-state index is -0.854. The first kappa shape index (κ1) is 16.5. The van der Waals surface area contributed by atoms with Crippen LogP contribution in [0.2, 0.25) is 0 Å². The van der Waals surface area contributed by atoms with Gasteiger partial charge in [-0.2, -0.15) is 0 Å². The Morgan fingerprint density at radius 1 is 1.32 bits per heavy atom. The zero-order chi connectivity index (χ0) is 16.1. The largest absolute Gasteiger partial charge is 0.481 e. The fourth-order valence-corrected chi connectivity index (χ4v) is 2.94. The molecule has 1 saturated heterocycles. The molecule has 0 bridgehead atoms. The first-order chi connectivity index (χ1) is 10.5. The molecule has 1 heterocycles. The van der Waals surface area contributed by atoms with Gasteiger partial charge in [0, 0.05) is 25.3 Å². The Balaban J connectivity index is 1.99. The summed E-state index contributed by atoms with van der Waals surface area (Å²) in [4.78, 5) is 23.7. The molecule has 0 radical (unpaired) electrons. The van der Waals surface area contributed by atoms with E-state index in [0.29, 0.717) is 18.8 Å². The summed E-state index contributed by atoms with van der Waals surface area (Å²) in [6.45, 7) is 5.21. The van der Waals surface area contributed by atoms with Crippen LogP contribution in [0.1, 0.15) is 34.3 Å². The molecule has 1 amide bonds.